The Morgan fingerprint density at radius 1 is 1.27 bits per heavy atom. The zero-order valence-corrected chi connectivity index (χ0v) is 10.8. The first-order valence-electron chi connectivity index (χ1n) is 4.43. The molecule has 2 atom stereocenters. The van der Waals surface area contributed by atoms with Crippen molar-refractivity contribution in [3.8, 4) is 0 Å². The second kappa shape index (κ2) is 3.76. The molecule has 88 valence electrons. The first kappa shape index (κ1) is 12.5. The largest absolute Gasteiger partial charge is 0.510 e. The fourth-order valence-electron chi connectivity index (χ4n) is 1.12. The molecule has 0 amide bonds. The molecule has 0 N–H and O–H groups in total. The van der Waals surface area contributed by atoms with E-state index in [1.807, 2.05) is 0 Å². The van der Waals surface area contributed by atoms with E-state index in [0.29, 0.717) is 0 Å². The number of carbonyl (C=O) groups excluding carboxylic acids is 1. The van der Waals surface area contributed by atoms with Crippen LogP contribution in [-0.2, 0) is 23.5 Å². The van der Waals surface area contributed by atoms with Crippen molar-refractivity contribution in [1.82, 2.24) is 0 Å². The number of carbonyl (C=O) groups is 1. The molecule has 8 heteroatoms. The highest BCUT2D eigenvalue weighted by Gasteiger charge is 2.45. The molecule has 0 aliphatic carbocycles. The van der Waals surface area contributed by atoms with E-state index in [2.05, 4.69) is 9.47 Å². The second-order valence-corrected chi connectivity index (χ2v) is 10.6. The molecule has 1 saturated heterocycles. The molecule has 1 aliphatic heterocycles. The van der Waals surface area contributed by atoms with Crippen LogP contribution in [0.15, 0.2) is 0 Å². The van der Waals surface area contributed by atoms with Gasteiger partial charge in [0.25, 0.3) is 5.44 Å². The lowest BCUT2D eigenvalue weighted by molar-refractivity contribution is 0.120. The zero-order valence-electron chi connectivity index (χ0n) is 9.01. The summed E-state index contributed by atoms with van der Waals surface area (Å²) in [6.45, 7) is 6.63. The zero-order chi connectivity index (χ0) is 11.9. The SMILES string of the molecule is CC1OC(=O)OC1S(=O)(=O)O[Si](C)(C)C. The topological polar surface area (TPSA) is 78.9 Å². The molecule has 1 fully saturated rings. The summed E-state index contributed by atoms with van der Waals surface area (Å²) in [5, 5.41) is 0. The fourth-order valence-corrected chi connectivity index (χ4v) is 5.00. The Morgan fingerprint density at radius 3 is 2.13 bits per heavy atom. The van der Waals surface area contributed by atoms with Gasteiger partial charge in [0.05, 0.1) is 0 Å². The highest BCUT2D eigenvalue weighted by atomic mass is 32.2. The number of rotatable bonds is 3. The predicted octanol–water partition coefficient (Wildman–Crippen LogP) is 1.05. The van der Waals surface area contributed by atoms with E-state index in [9.17, 15) is 13.2 Å². The first-order chi connectivity index (χ1) is 6.62. The van der Waals surface area contributed by atoms with Gasteiger partial charge < -0.3 is 13.3 Å². The number of hydrogen-bond acceptors (Lipinski definition) is 6. The second-order valence-electron chi connectivity index (χ2n) is 4.25. The molecule has 2 unspecified atom stereocenters. The maximum absolute atomic E-state index is 11.7. The van der Waals surface area contributed by atoms with Crippen LogP contribution in [0.2, 0.25) is 19.6 Å². The number of cyclic esters (lactones) is 2. The molecule has 0 radical (unpaired) electrons. The summed E-state index contributed by atoms with van der Waals surface area (Å²) in [5.41, 5.74) is -1.35. The normalized spacial score (nSPS) is 27.3. The summed E-state index contributed by atoms with van der Waals surface area (Å²) in [5.74, 6) is 0. The van der Waals surface area contributed by atoms with Gasteiger partial charge in [-0.1, -0.05) is 0 Å². The quantitative estimate of drug-likeness (QED) is 0.553. The van der Waals surface area contributed by atoms with Gasteiger partial charge >= 0.3 is 16.3 Å². The Morgan fingerprint density at radius 2 is 1.80 bits per heavy atom. The van der Waals surface area contributed by atoms with E-state index >= 15 is 0 Å². The minimum absolute atomic E-state index is 0.834. The van der Waals surface area contributed by atoms with Crippen LogP contribution in [0.25, 0.3) is 0 Å². The molecule has 0 spiro atoms. The van der Waals surface area contributed by atoms with E-state index in [4.69, 9.17) is 3.87 Å². The maximum atomic E-state index is 11.7. The van der Waals surface area contributed by atoms with Gasteiger partial charge in [-0.15, -0.1) is 0 Å². The van der Waals surface area contributed by atoms with E-state index in [-0.39, 0.29) is 0 Å². The number of ether oxygens (including phenoxy) is 2. The van der Waals surface area contributed by atoms with Crippen LogP contribution in [0.4, 0.5) is 4.79 Å². The van der Waals surface area contributed by atoms with E-state index in [0.717, 1.165) is 0 Å². The summed E-state index contributed by atoms with van der Waals surface area (Å²) < 4.78 is 37.4. The van der Waals surface area contributed by atoms with Gasteiger partial charge in [-0.3, -0.25) is 0 Å². The van der Waals surface area contributed by atoms with Gasteiger partial charge in [0.15, 0.2) is 6.10 Å². The van der Waals surface area contributed by atoms with Gasteiger partial charge in [-0.2, -0.15) is 8.42 Å². The van der Waals surface area contributed by atoms with Crippen LogP contribution in [0, 0.1) is 0 Å². The molecule has 0 bridgehead atoms. The molecule has 6 nitrogen and oxygen atoms in total. The third kappa shape index (κ3) is 3.18. The molecular weight excluding hydrogens is 240 g/mol. The Kier molecular flexibility index (Phi) is 3.13. The standard InChI is InChI=1S/C7H14O6SSi/c1-5-6(12-7(8)11-5)14(9,10)13-15(2,3)4/h5-6H,1-4H3. The van der Waals surface area contributed by atoms with Crippen molar-refractivity contribution in [2.75, 3.05) is 0 Å². The summed E-state index contributed by atoms with van der Waals surface area (Å²) in [6, 6.07) is 0. The van der Waals surface area contributed by atoms with Gasteiger partial charge in [-0.25, -0.2) is 4.79 Å². The molecule has 0 aromatic heterocycles. The molecule has 1 aliphatic rings. The molecule has 1 rings (SSSR count). The lowest BCUT2D eigenvalue weighted by Gasteiger charge is -2.20. The highest BCUT2D eigenvalue weighted by Crippen LogP contribution is 2.23. The van der Waals surface area contributed by atoms with Crippen molar-refractivity contribution in [3.05, 3.63) is 0 Å². The summed E-state index contributed by atoms with van der Waals surface area (Å²) in [4.78, 5) is 10.7. The van der Waals surface area contributed by atoms with E-state index in [1.54, 1.807) is 19.6 Å². The summed E-state index contributed by atoms with van der Waals surface area (Å²) in [6.07, 6.45) is -1.81. The van der Waals surface area contributed by atoms with Gasteiger partial charge in [0.2, 0.25) is 8.32 Å². The minimum atomic E-state index is -3.91. The van der Waals surface area contributed by atoms with Gasteiger partial charge in [0.1, 0.15) is 0 Å². The van der Waals surface area contributed by atoms with E-state index < -0.39 is 36.1 Å². The van der Waals surface area contributed by atoms with Crippen molar-refractivity contribution in [3.63, 3.8) is 0 Å². The first-order valence-corrected chi connectivity index (χ1v) is 9.31. The van der Waals surface area contributed by atoms with Crippen LogP contribution >= 0.6 is 0 Å². The van der Waals surface area contributed by atoms with Crippen LogP contribution in [0.5, 0.6) is 0 Å². The summed E-state index contributed by atoms with van der Waals surface area (Å²) >= 11 is 0. The van der Waals surface area contributed by atoms with Crippen molar-refractivity contribution >= 4 is 24.6 Å². The van der Waals surface area contributed by atoms with Crippen molar-refractivity contribution in [2.24, 2.45) is 0 Å². The monoisotopic (exact) mass is 254 g/mol. The molecule has 0 saturated carbocycles. The Bertz CT molecular complexity index is 356. The molecule has 0 aromatic rings. The lowest BCUT2D eigenvalue weighted by Crippen LogP contribution is -2.38. The summed E-state index contributed by atoms with van der Waals surface area (Å²) in [7, 11) is -6.15. The molecular formula is C7H14O6SSi. The maximum Gasteiger partial charge on any atom is 0.510 e. The molecule has 1 heterocycles. The van der Waals surface area contributed by atoms with Crippen molar-refractivity contribution in [2.45, 2.75) is 38.1 Å². The predicted molar refractivity (Wildman–Crippen MR) is 54.2 cm³/mol. The Hall–Kier alpha value is -0.603. The van der Waals surface area contributed by atoms with Gasteiger partial charge in [0, 0.05) is 0 Å². The average molecular weight is 254 g/mol. The Labute approximate surface area is 89.8 Å². The van der Waals surface area contributed by atoms with Crippen LogP contribution in [-0.4, -0.2) is 34.4 Å². The third-order valence-corrected chi connectivity index (χ3v) is 5.51. The van der Waals surface area contributed by atoms with Crippen molar-refractivity contribution in [1.29, 1.82) is 0 Å². The Balaban J connectivity index is 2.83. The van der Waals surface area contributed by atoms with Crippen LogP contribution < -0.4 is 0 Å². The van der Waals surface area contributed by atoms with Crippen LogP contribution in [0.1, 0.15) is 6.92 Å². The van der Waals surface area contributed by atoms with Crippen LogP contribution in [0.3, 0.4) is 0 Å². The fraction of sp³-hybridized carbons (Fsp3) is 0.857. The third-order valence-electron chi connectivity index (χ3n) is 1.53. The minimum Gasteiger partial charge on any atom is -0.426 e. The smallest absolute Gasteiger partial charge is 0.426 e. The van der Waals surface area contributed by atoms with E-state index in [1.165, 1.54) is 6.92 Å². The molecule has 15 heavy (non-hydrogen) atoms. The average Bonchev–Trinajstić information content (AvgIpc) is 2.24. The van der Waals surface area contributed by atoms with Gasteiger partial charge in [-0.05, 0) is 26.6 Å². The molecule has 0 aromatic carbocycles. The lowest BCUT2D eigenvalue weighted by atomic mass is 10.4. The highest BCUT2D eigenvalue weighted by molar-refractivity contribution is 7.88. The van der Waals surface area contributed by atoms with Crippen molar-refractivity contribution < 1.29 is 26.6 Å². The number of hydrogen-bond donors (Lipinski definition) is 0.